The molecule has 0 aromatic rings. The Morgan fingerprint density at radius 2 is 1.74 bits per heavy atom. The van der Waals surface area contributed by atoms with Crippen molar-refractivity contribution in [1.29, 1.82) is 0 Å². The molecule has 2 N–H and O–H groups in total. The van der Waals surface area contributed by atoms with Crippen LogP contribution in [0.3, 0.4) is 0 Å². The first kappa shape index (κ1) is 12.6. The highest BCUT2D eigenvalue weighted by Crippen LogP contribution is 2.45. The summed E-state index contributed by atoms with van der Waals surface area (Å²) in [5.74, 6) is 0.831. The number of hydrogen-bond donors (Lipinski definition) is 1. The van der Waals surface area contributed by atoms with Crippen molar-refractivity contribution in [3.05, 3.63) is 0 Å². The minimum absolute atomic E-state index is 0.168. The van der Waals surface area contributed by atoms with E-state index >= 15 is 0 Å². The predicted molar refractivity (Wildman–Crippen MR) is 76.0 cm³/mol. The summed E-state index contributed by atoms with van der Waals surface area (Å²) in [5.41, 5.74) is 6.88. The smallest absolute Gasteiger partial charge is 0.0710 e. The Bertz CT molecular complexity index is 341. The fraction of sp³-hybridized carbons (Fsp3) is 1.00. The summed E-state index contributed by atoms with van der Waals surface area (Å²) in [6.45, 7) is 3.36. The summed E-state index contributed by atoms with van der Waals surface area (Å²) in [6.07, 6.45) is 12.6. The number of ether oxygens (including phenoxy) is 1. The molecule has 0 aromatic heterocycles. The molecule has 19 heavy (non-hydrogen) atoms. The predicted octanol–water partition coefficient (Wildman–Crippen LogP) is 2.29. The average Bonchev–Trinajstić information content (AvgIpc) is 3.15. The van der Waals surface area contributed by atoms with Crippen molar-refractivity contribution in [2.45, 2.75) is 75.0 Å². The van der Waals surface area contributed by atoms with Crippen LogP contribution in [0.5, 0.6) is 0 Å². The van der Waals surface area contributed by atoms with Crippen molar-refractivity contribution in [2.24, 2.45) is 11.7 Å². The summed E-state index contributed by atoms with van der Waals surface area (Å²) in [6, 6.07) is 0. The lowest BCUT2D eigenvalue weighted by atomic mass is 9.83. The molecule has 0 radical (unpaired) electrons. The van der Waals surface area contributed by atoms with Gasteiger partial charge in [-0.15, -0.1) is 0 Å². The van der Waals surface area contributed by atoms with E-state index in [9.17, 15) is 0 Å². The van der Waals surface area contributed by atoms with Gasteiger partial charge in [0.1, 0.15) is 0 Å². The molecular weight excluding hydrogens is 236 g/mol. The normalized spacial score (nSPS) is 37.4. The molecule has 2 aliphatic carbocycles. The Morgan fingerprint density at radius 3 is 2.42 bits per heavy atom. The molecule has 4 aliphatic rings. The Morgan fingerprint density at radius 1 is 1.00 bits per heavy atom. The SMILES string of the molecule is NC1(C2CC2)CN(CC2CCC3(CCCCC3)O2)C1. The van der Waals surface area contributed by atoms with E-state index < -0.39 is 0 Å². The lowest BCUT2D eigenvalue weighted by molar-refractivity contribution is -0.0839. The third-order valence-corrected chi connectivity index (χ3v) is 5.99. The summed E-state index contributed by atoms with van der Waals surface area (Å²) in [7, 11) is 0. The second-order valence-electron chi connectivity index (χ2n) is 7.70. The van der Waals surface area contributed by atoms with Gasteiger partial charge in [0, 0.05) is 25.2 Å². The van der Waals surface area contributed by atoms with Crippen molar-refractivity contribution in [1.82, 2.24) is 4.90 Å². The third-order valence-electron chi connectivity index (χ3n) is 5.99. The van der Waals surface area contributed by atoms with E-state index in [0.717, 1.165) is 25.6 Å². The second kappa shape index (κ2) is 4.44. The summed E-state index contributed by atoms with van der Waals surface area (Å²) >= 11 is 0. The van der Waals surface area contributed by atoms with E-state index in [4.69, 9.17) is 10.5 Å². The first-order valence-electron chi connectivity index (χ1n) is 8.37. The topological polar surface area (TPSA) is 38.5 Å². The van der Waals surface area contributed by atoms with Crippen molar-refractivity contribution < 1.29 is 4.74 Å². The lowest BCUT2D eigenvalue weighted by Crippen LogP contribution is -2.69. The Hall–Kier alpha value is -0.120. The molecule has 4 rings (SSSR count). The molecule has 4 fully saturated rings. The van der Waals surface area contributed by atoms with Gasteiger partial charge in [0.2, 0.25) is 0 Å². The van der Waals surface area contributed by atoms with Crippen LogP contribution in [0.15, 0.2) is 0 Å². The molecule has 2 heterocycles. The number of hydrogen-bond acceptors (Lipinski definition) is 3. The quantitative estimate of drug-likeness (QED) is 0.850. The minimum atomic E-state index is 0.168. The van der Waals surface area contributed by atoms with Gasteiger partial charge in [0.15, 0.2) is 0 Å². The van der Waals surface area contributed by atoms with Crippen LogP contribution in [0.2, 0.25) is 0 Å². The first-order valence-corrected chi connectivity index (χ1v) is 8.37. The molecule has 2 aliphatic heterocycles. The van der Waals surface area contributed by atoms with Gasteiger partial charge in [-0.25, -0.2) is 0 Å². The lowest BCUT2D eigenvalue weighted by Gasteiger charge is -2.49. The van der Waals surface area contributed by atoms with Gasteiger partial charge in [-0.1, -0.05) is 19.3 Å². The minimum Gasteiger partial charge on any atom is -0.370 e. The zero-order valence-electron chi connectivity index (χ0n) is 12.1. The summed E-state index contributed by atoms with van der Waals surface area (Å²) in [5, 5.41) is 0. The zero-order valence-corrected chi connectivity index (χ0v) is 12.1. The largest absolute Gasteiger partial charge is 0.370 e. The van der Waals surface area contributed by atoms with Gasteiger partial charge in [-0.05, 0) is 44.4 Å². The fourth-order valence-corrected chi connectivity index (χ4v) is 4.71. The molecule has 1 spiro atoms. The maximum Gasteiger partial charge on any atom is 0.0710 e. The van der Waals surface area contributed by atoms with Crippen molar-refractivity contribution in [2.75, 3.05) is 19.6 Å². The van der Waals surface area contributed by atoms with Crippen molar-refractivity contribution in [3.63, 3.8) is 0 Å². The molecule has 1 unspecified atom stereocenters. The fourth-order valence-electron chi connectivity index (χ4n) is 4.71. The Kier molecular flexibility index (Phi) is 2.95. The summed E-state index contributed by atoms with van der Waals surface area (Å²) < 4.78 is 6.46. The third kappa shape index (κ3) is 2.34. The van der Waals surface area contributed by atoms with Crippen LogP contribution < -0.4 is 5.73 Å². The average molecular weight is 264 g/mol. The molecule has 0 bridgehead atoms. The number of likely N-dealkylation sites (tertiary alicyclic amines) is 1. The van der Waals surface area contributed by atoms with Crippen LogP contribution in [0.4, 0.5) is 0 Å². The van der Waals surface area contributed by atoms with Crippen molar-refractivity contribution in [3.8, 4) is 0 Å². The van der Waals surface area contributed by atoms with E-state index in [0.29, 0.717) is 6.10 Å². The van der Waals surface area contributed by atoms with Crippen molar-refractivity contribution >= 4 is 0 Å². The van der Waals surface area contributed by atoms with E-state index in [1.807, 2.05) is 0 Å². The maximum absolute atomic E-state index is 6.46. The van der Waals surface area contributed by atoms with Crippen LogP contribution in [0.25, 0.3) is 0 Å². The molecule has 3 nitrogen and oxygen atoms in total. The highest BCUT2D eigenvalue weighted by Gasteiger charge is 2.51. The van der Waals surface area contributed by atoms with Crippen LogP contribution in [0, 0.1) is 5.92 Å². The molecule has 1 atom stereocenters. The summed E-state index contributed by atoms with van der Waals surface area (Å²) in [4.78, 5) is 2.53. The van der Waals surface area contributed by atoms with Crippen LogP contribution >= 0.6 is 0 Å². The van der Waals surface area contributed by atoms with Gasteiger partial charge >= 0.3 is 0 Å². The van der Waals surface area contributed by atoms with E-state index in [1.54, 1.807) is 0 Å². The molecule has 2 saturated carbocycles. The standard InChI is InChI=1S/C16H28N2O/c17-16(13-4-5-13)11-18(12-16)10-14-6-9-15(19-14)7-2-1-3-8-15/h13-14H,1-12,17H2. The number of nitrogens with two attached hydrogens (primary N) is 1. The highest BCUT2D eigenvalue weighted by molar-refractivity contribution is 5.09. The molecular formula is C16H28N2O. The number of nitrogens with zero attached hydrogens (tertiary/aromatic N) is 1. The highest BCUT2D eigenvalue weighted by atomic mass is 16.5. The van der Waals surface area contributed by atoms with E-state index in [-0.39, 0.29) is 11.1 Å². The van der Waals surface area contributed by atoms with Gasteiger partial charge in [0.25, 0.3) is 0 Å². The van der Waals surface area contributed by atoms with E-state index in [1.165, 1.54) is 57.8 Å². The molecule has 108 valence electrons. The Balaban J connectivity index is 1.26. The molecule has 2 saturated heterocycles. The Labute approximate surface area is 116 Å². The maximum atomic E-state index is 6.46. The molecule has 0 aromatic carbocycles. The van der Waals surface area contributed by atoms with Crippen LogP contribution in [-0.4, -0.2) is 41.8 Å². The van der Waals surface area contributed by atoms with Gasteiger partial charge < -0.3 is 10.5 Å². The van der Waals surface area contributed by atoms with Gasteiger partial charge in [-0.2, -0.15) is 0 Å². The first-order chi connectivity index (χ1) is 9.18. The van der Waals surface area contributed by atoms with Crippen LogP contribution in [-0.2, 0) is 4.74 Å². The monoisotopic (exact) mass is 264 g/mol. The molecule has 3 heteroatoms. The second-order valence-corrected chi connectivity index (χ2v) is 7.70. The van der Waals surface area contributed by atoms with Gasteiger partial charge in [-0.3, -0.25) is 4.90 Å². The zero-order chi connectivity index (χ0) is 12.9. The van der Waals surface area contributed by atoms with Gasteiger partial charge in [0.05, 0.1) is 11.7 Å². The molecule has 0 amide bonds. The van der Waals surface area contributed by atoms with Crippen LogP contribution in [0.1, 0.15) is 57.8 Å². The van der Waals surface area contributed by atoms with E-state index in [2.05, 4.69) is 4.90 Å². The number of rotatable bonds is 3.